The maximum atomic E-state index is 12.5. The number of methoxy groups -OCH3 is 1. The Hall–Kier alpha value is -1.92. The van der Waals surface area contributed by atoms with Crippen LogP contribution in [0.3, 0.4) is 0 Å². The number of hydrogen-bond acceptors (Lipinski definition) is 4. The first-order chi connectivity index (χ1) is 9.73. The van der Waals surface area contributed by atoms with E-state index in [0.29, 0.717) is 12.8 Å². The van der Waals surface area contributed by atoms with Crippen LogP contribution in [0.5, 0.6) is 0 Å². The van der Waals surface area contributed by atoms with E-state index in [4.69, 9.17) is 4.74 Å². The van der Waals surface area contributed by atoms with Crippen molar-refractivity contribution in [3.05, 3.63) is 24.4 Å². The number of aromatic nitrogens is 2. The minimum atomic E-state index is -0.726. The van der Waals surface area contributed by atoms with Crippen LogP contribution in [0.1, 0.15) is 12.8 Å². The quantitative estimate of drug-likeness (QED) is 0.787. The first-order valence-corrected chi connectivity index (χ1v) is 6.74. The van der Waals surface area contributed by atoms with Crippen LogP contribution in [0.15, 0.2) is 24.4 Å². The molecule has 3 rings (SSSR count). The fraction of sp³-hybridized carbons (Fsp3) is 0.429. The van der Waals surface area contributed by atoms with Crippen molar-refractivity contribution in [1.82, 2.24) is 15.5 Å². The molecule has 0 bridgehead atoms. The number of ether oxygens (including phenoxy) is 1. The molecular weight excluding hydrogens is 256 g/mol. The van der Waals surface area contributed by atoms with Gasteiger partial charge in [0.2, 0.25) is 0 Å². The summed E-state index contributed by atoms with van der Waals surface area (Å²) in [4.78, 5) is 12.5. The van der Waals surface area contributed by atoms with Crippen molar-refractivity contribution < 1.29 is 9.53 Å². The second kappa shape index (κ2) is 5.22. The number of aromatic amines is 1. The summed E-state index contributed by atoms with van der Waals surface area (Å²) < 4.78 is 5.51. The summed E-state index contributed by atoms with van der Waals surface area (Å²) in [6, 6.07) is 5.67. The van der Waals surface area contributed by atoms with Gasteiger partial charge in [0.15, 0.2) is 0 Å². The molecule has 0 atom stereocenters. The van der Waals surface area contributed by atoms with Crippen molar-refractivity contribution in [1.29, 1.82) is 0 Å². The van der Waals surface area contributed by atoms with Crippen molar-refractivity contribution >= 4 is 22.5 Å². The summed E-state index contributed by atoms with van der Waals surface area (Å²) in [7, 11) is 1.60. The zero-order chi connectivity index (χ0) is 14.0. The van der Waals surface area contributed by atoms with Crippen LogP contribution in [-0.4, -0.2) is 41.9 Å². The molecule has 1 amide bonds. The van der Waals surface area contributed by atoms with E-state index in [1.54, 1.807) is 13.3 Å². The van der Waals surface area contributed by atoms with E-state index in [-0.39, 0.29) is 5.91 Å². The summed E-state index contributed by atoms with van der Waals surface area (Å²) in [5.41, 5.74) is 0.988. The van der Waals surface area contributed by atoms with E-state index < -0.39 is 5.60 Å². The number of H-pyrrole nitrogens is 1. The Morgan fingerprint density at radius 1 is 1.40 bits per heavy atom. The van der Waals surface area contributed by atoms with Crippen LogP contribution >= 0.6 is 0 Å². The van der Waals surface area contributed by atoms with Crippen LogP contribution in [0.2, 0.25) is 0 Å². The molecule has 106 valence electrons. The number of anilines is 1. The Kier molecular flexibility index (Phi) is 3.42. The first-order valence-electron chi connectivity index (χ1n) is 6.74. The third-order valence-corrected chi connectivity index (χ3v) is 3.91. The largest absolute Gasteiger partial charge is 0.368 e. The number of benzene rings is 1. The average molecular weight is 274 g/mol. The molecule has 2 heterocycles. The fourth-order valence-corrected chi connectivity index (χ4v) is 2.62. The topological polar surface area (TPSA) is 79.0 Å². The monoisotopic (exact) mass is 274 g/mol. The highest BCUT2D eigenvalue weighted by atomic mass is 16.5. The third kappa shape index (κ3) is 2.28. The number of piperidine rings is 1. The van der Waals surface area contributed by atoms with E-state index in [0.717, 1.165) is 29.7 Å². The molecule has 1 aromatic carbocycles. The molecule has 20 heavy (non-hydrogen) atoms. The average Bonchev–Trinajstić information content (AvgIpc) is 2.95. The Morgan fingerprint density at radius 3 is 2.95 bits per heavy atom. The predicted molar refractivity (Wildman–Crippen MR) is 76.6 cm³/mol. The predicted octanol–water partition coefficient (Wildman–Crippen LogP) is 1.27. The van der Waals surface area contributed by atoms with Crippen molar-refractivity contribution in [3.63, 3.8) is 0 Å². The van der Waals surface area contributed by atoms with Gasteiger partial charge in [0.25, 0.3) is 5.91 Å². The Bertz CT molecular complexity index is 616. The van der Waals surface area contributed by atoms with Crippen LogP contribution < -0.4 is 10.6 Å². The smallest absolute Gasteiger partial charge is 0.256 e. The highest BCUT2D eigenvalue weighted by Crippen LogP contribution is 2.25. The zero-order valence-electron chi connectivity index (χ0n) is 11.4. The number of amides is 1. The van der Waals surface area contributed by atoms with Crippen LogP contribution in [0.4, 0.5) is 5.69 Å². The lowest BCUT2D eigenvalue weighted by atomic mass is 9.91. The normalized spacial score (nSPS) is 18.1. The van der Waals surface area contributed by atoms with Gasteiger partial charge >= 0.3 is 0 Å². The second-order valence-electron chi connectivity index (χ2n) is 5.07. The van der Waals surface area contributed by atoms with Crippen molar-refractivity contribution in [2.24, 2.45) is 0 Å². The Labute approximate surface area is 116 Å². The maximum absolute atomic E-state index is 12.5. The maximum Gasteiger partial charge on any atom is 0.256 e. The molecule has 6 heteroatoms. The highest BCUT2D eigenvalue weighted by molar-refractivity contribution is 5.99. The van der Waals surface area contributed by atoms with Gasteiger partial charge in [0.05, 0.1) is 11.7 Å². The van der Waals surface area contributed by atoms with Gasteiger partial charge in [-0.3, -0.25) is 9.89 Å². The van der Waals surface area contributed by atoms with Gasteiger partial charge in [-0.05, 0) is 44.1 Å². The number of carbonyl (C=O) groups is 1. The molecular formula is C14H18N4O2. The molecule has 1 saturated heterocycles. The summed E-state index contributed by atoms with van der Waals surface area (Å²) >= 11 is 0. The molecule has 2 aromatic rings. The lowest BCUT2D eigenvalue weighted by Crippen LogP contribution is -2.51. The lowest BCUT2D eigenvalue weighted by Gasteiger charge is -2.34. The fourth-order valence-electron chi connectivity index (χ4n) is 2.62. The van der Waals surface area contributed by atoms with Crippen molar-refractivity contribution in [2.75, 3.05) is 25.5 Å². The van der Waals surface area contributed by atoms with Gasteiger partial charge in [-0.2, -0.15) is 5.10 Å². The standard InChI is InChI=1S/C14H18N4O2/c1-20-14(4-6-15-7-5-14)13(19)17-11-2-3-12-10(8-11)9-16-18-12/h2-3,8-9,15H,4-7H2,1H3,(H,16,18)(H,17,19). The van der Waals surface area contributed by atoms with Crippen molar-refractivity contribution in [3.8, 4) is 0 Å². The molecule has 3 N–H and O–H groups in total. The lowest BCUT2D eigenvalue weighted by molar-refractivity contribution is -0.140. The number of nitrogens with one attached hydrogen (secondary N) is 3. The Morgan fingerprint density at radius 2 is 2.20 bits per heavy atom. The summed E-state index contributed by atoms with van der Waals surface area (Å²) in [6.45, 7) is 1.59. The van der Waals surface area contributed by atoms with Gasteiger partial charge < -0.3 is 15.4 Å². The second-order valence-corrected chi connectivity index (χ2v) is 5.07. The molecule has 0 radical (unpaired) electrons. The molecule has 0 unspecified atom stereocenters. The number of hydrogen-bond donors (Lipinski definition) is 3. The SMILES string of the molecule is COC1(C(=O)Nc2ccc3[nH]ncc3c2)CCNCC1. The minimum absolute atomic E-state index is 0.0793. The number of nitrogens with zero attached hydrogens (tertiary/aromatic N) is 1. The molecule has 1 aliphatic heterocycles. The molecule has 0 aliphatic carbocycles. The van der Waals surface area contributed by atoms with Crippen LogP contribution in [0, 0.1) is 0 Å². The molecule has 0 saturated carbocycles. The highest BCUT2D eigenvalue weighted by Gasteiger charge is 2.39. The number of carbonyl (C=O) groups excluding carboxylic acids is 1. The van der Waals surface area contributed by atoms with E-state index in [2.05, 4.69) is 20.8 Å². The molecule has 1 fully saturated rings. The van der Waals surface area contributed by atoms with E-state index in [1.807, 2.05) is 18.2 Å². The first kappa shape index (κ1) is 13.1. The van der Waals surface area contributed by atoms with Crippen LogP contribution in [-0.2, 0) is 9.53 Å². The summed E-state index contributed by atoms with van der Waals surface area (Å²) in [5.74, 6) is -0.0793. The van der Waals surface area contributed by atoms with E-state index in [1.165, 1.54) is 0 Å². The minimum Gasteiger partial charge on any atom is -0.368 e. The van der Waals surface area contributed by atoms with Crippen LogP contribution in [0.25, 0.3) is 10.9 Å². The van der Waals surface area contributed by atoms with Gasteiger partial charge in [-0.25, -0.2) is 0 Å². The molecule has 6 nitrogen and oxygen atoms in total. The number of fused-ring (bicyclic) bond motifs is 1. The van der Waals surface area contributed by atoms with Gasteiger partial charge in [-0.1, -0.05) is 0 Å². The Balaban J connectivity index is 1.80. The molecule has 1 aromatic heterocycles. The third-order valence-electron chi connectivity index (χ3n) is 3.91. The van der Waals surface area contributed by atoms with E-state index >= 15 is 0 Å². The van der Waals surface area contributed by atoms with Gasteiger partial charge in [0.1, 0.15) is 5.60 Å². The summed E-state index contributed by atoms with van der Waals surface area (Å²) in [6.07, 6.45) is 3.11. The zero-order valence-corrected chi connectivity index (χ0v) is 11.4. The molecule has 1 aliphatic rings. The number of rotatable bonds is 3. The van der Waals surface area contributed by atoms with Crippen molar-refractivity contribution in [2.45, 2.75) is 18.4 Å². The van der Waals surface area contributed by atoms with Gasteiger partial charge in [-0.15, -0.1) is 0 Å². The summed E-state index contributed by atoms with van der Waals surface area (Å²) in [5, 5.41) is 14.0. The van der Waals surface area contributed by atoms with E-state index in [9.17, 15) is 4.79 Å². The molecule has 0 spiro atoms. The van der Waals surface area contributed by atoms with Gasteiger partial charge in [0, 0.05) is 18.2 Å².